The number of rotatable bonds is 0. The summed E-state index contributed by atoms with van der Waals surface area (Å²) < 4.78 is 7.90. The van der Waals surface area contributed by atoms with Gasteiger partial charge in [0.15, 0.2) is 0 Å². The SMILES string of the molecule is C1=Cc2ccn3c(coc2CC1)C=CC3. The van der Waals surface area contributed by atoms with Crippen molar-refractivity contribution in [1.82, 2.24) is 4.57 Å². The molecular weight excluding hydrogens is 186 g/mol. The standard InChI is InChI=1S/C13H13NO/c1-2-6-13-11(4-1)7-9-14-8-3-5-12(14)10-15-13/h1,3-5,7,9-10H,2,6,8H2. The molecule has 3 rings (SSSR count). The maximum atomic E-state index is 5.72. The molecule has 0 saturated carbocycles. The lowest BCUT2D eigenvalue weighted by molar-refractivity contribution is 0.486. The van der Waals surface area contributed by atoms with Gasteiger partial charge >= 0.3 is 0 Å². The minimum absolute atomic E-state index is 0.942. The van der Waals surface area contributed by atoms with Crippen LogP contribution in [0.15, 0.2) is 35.1 Å². The van der Waals surface area contributed by atoms with Gasteiger partial charge in [-0.25, -0.2) is 0 Å². The molecule has 0 fully saturated rings. The zero-order valence-electron chi connectivity index (χ0n) is 8.52. The highest BCUT2D eigenvalue weighted by Crippen LogP contribution is 2.19. The minimum atomic E-state index is 0.942. The first-order chi connectivity index (χ1) is 7.43. The van der Waals surface area contributed by atoms with Crippen LogP contribution in [-0.4, -0.2) is 4.57 Å². The number of aryl methyl sites for hydroxylation is 1. The zero-order valence-corrected chi connectivity index (χ0v) is 8.52. The van der Waals surface area contributed by atoms with E-state index in [1.165, 1.54) is 5.56 Å². The van der Waals surface area contributed by atoms with Crippen LogP contribution in [0.1, 0.15) is 23.4 Å². The third-order valence-corrected chi connectivity index (χ3v) is 2.84. The largest absolute Gasteiger partial charge is 0.467 e. The Kier molecular flexibility index (Phi) is 1.98. The van der Waals surface area contributed by atoms with Crippen molar-refractivity contribution in [3.63, 3.8) is 0 Å². The van der Waals surface area contributed by atoms with Crippen molar-refractivity contribution in [3.8, 4) is 0 Å². The lowest BCUT2D eigenvalue weighted by Crippen LogP contribution is -1.96. The molecule has 15 heavy (non-hydrogen) atoms. The molecule has 0 radical (unpaired) electrons. The van der Waals surface area contributed by atoms with Crippen molar-refractivity contribution in [2.24, 2.45) is 0 Å². The molecule has 1 aromatic rings. The van der Waals surface area contributed by atoms with E-state index in [-0.39, 0.29) is 0 Å². The van der Waals surface area contributed by atoms with Crippen LogP contribution in [0.2, 0.25) is 0 Å². The normalized spacial score (nSPS) is 16.0. The molecule has 0 unspecified atom stereocenters. The van der Waals surface area contributed by atoms with Gasteiger partial charge in [0.25, 0.3) is 0 Å². The number of fused-ring (bicyclic) bond motifs is 2. The summed E-state index contributed by atoms with van der Waals surface area (Å²) >= 11 is 0. The van der Waals surface area contributed by atoms with Crippen molar-refractivity contribution in [2.45, 2.75) is 19.4 Å². The molecule has 2 nitrogen and oxygen atoms in total. The molecule has 2 aliphatic rings. The molecular formula is C13H13NO. The van der Waals surface area contributed by atoms with E-state index in [0.717, 1.165) is 30.8 Å². The van der Waals surface area contributed by atoms with Crippen LogP contribution in [0.5, 0.6) is 0 Å². The fourth-order valence-electron chi connectivity index (χ4n) is 1.98. The zero-order chi connectivity index (χ0) is 10.1. The summed E-state index contributed by atoms with van der Waals surface area (Å²) in [4.78, 5) is 0. The van der Waals surface area contributed by atoms with E-state index in [9.17, 15) is 0 Å². The lowest BCUT2D eigenvalue weighted by Gasteiger charge is -2.08. The van der Waals surface area contributed by atoms with Crippen LogP contribution in [0, 0.1) is 0 Å². The number of hydrogen-bond donors (Lipinski definition) is 0. The van der Waals surface area contributed by atoms with E-state index in [1.807, 2.05) is 6.26 Å². The predicted octanol–water partition coefficient (Wildman–Crippen LogP) is 3.19. The van der Waals surface area contributed by atoms with Crippen molar-refractivity contribution < 1.29 is 4.42 Å². The molecule has 0 N–H and O–H groups in total. The highest BCUT2D eigenvalue weighted by atomic mass is 16.3. The van der Waals surface area contributed by atoms with Crippen molar-refractivity contribution in [1.29, 1.82) is 0 Å². The Morgan fingerprint density at radius 3 is 3.20 bits per heavy atom. The first-order valence-electron chi connectivity index (χ1n) is 5.31. The van der Waals surface area contributed by atoms with Gasteiger partial charge in [0.05, 0.1) is 5.69 Å². The quantitative estimate of drug-likeness (QED) is 0.627. The molecule has 2 heterocycles. The minimum Gasteiger partial charge on any atom is -0.467 e. The first-order valence-corrected chi connectivity index (χ1v) is 5.31. The van der Waals surface area contributed by atoms with Gasteiger partial charge in [0, 0.05) is 24.7 Å². The Morgan fingerprint density at radius 2 is 2.20 bits per heavy atom. The predicted molar refractivity (Wildman–Crippen MR) is 60.7 cm³/mol. The van der Waals surface area contributed by atoms with E-state index in [0.29, 0.717) is 0 Å². The number of hydrogen-bond acceptors (Lipinski definition) is 1. The van der Waals surface area contributed by atoms with Gasteiger partial charge in [-0.3, -0.25) is 0 Å². The third kappa shape index (κ3) is 1.52. The Hall–Kier alpha value is -1.70. The van der Waals surface area contributed by atoms with E-state index < -0.39 is 0 Å². The number of nitrogens with zero attached hydrogens (tertiary/aromatic N) is 1. The van der Waals surface area contributed by atoms with Gasteiger partial charge in [-0.1, -0.05) is 18.2 Å². The smallest absolute Gasteiger partial charge is 0.114 e. The van der Waals surface area contributed by atoms with Gasteiger partial charge in [-0.2, -0.15) is 0 Å². The molecule has 0 amide bonds. The van der Waals surface area contributed by atoms with Crippen LogP contribution in [0.4, 0.5) is 0 Å². The second kappa shape index (κ2) is 3.46. The summed E-state index contributed by atoms with van der Waals surface area (Å²) in [7, 11) is 0. The Balaban J connectivity index is 2.21. The second-order valence-corrected chi connectivity index (χ2v) is 3.85. The van der Waals surface area contributed by atoms with Gasteiger partial charge in [-0.05, 0) is 18.6 Å². The van der Waals surface area contributed by atoms with Crippen LogP contribution in [-0.2, 0) is 13.0 Å². The third-order valence-electron chi connectivity index (χ3n) is 2.84. The molecule has 1 aliphatic carbocycles. The highest BCUT2D eigenvalue weighted by molar-refractivity contribution is 5.53. The van der Waals surface area contributed by atoms with Crippen LogP contribution < -0.4 is 0 Å². The van der Waals surface area contributed by atoms with Crippen molar-refractivity contribution in [2.75, 3.05) is 0 Å². The summed E-state index contributed by atoms with van der Waals surface area (Å²) in [6.07, 6.45) is 14.6. The fourth-order valence-corrected chi connectivity index (χ4v) is 1.98. The monoisotopic (exact) mass is 199 g/mol. The number of aromatic nitrogens is 1. The van der Waals surface area contributed by atoms with Crippen LogP contribution in [0.25, 0.3) is 12.2 Å². The summed E-state index contributed by atoms with van der Waals surface area (Å²) in [5, 5.41) is 0. The second-order valence-electron chi connectivity index (χ2n) is 3.85. The van der Waals surface area contributed by atoms with Crippen LogP contribution in [0.3, 0.4) is 0 Å². The summed E-state index contributed by atoms with van der Waals surface area (Å²) in [5.74, 6) is 1.08. The Labute approximate surface area is 88.9 Å². The average Bonchev–Trinajstić information content (AvgIpc) is 2.68. The van der Waals surface area contributed by atoms with Crippen molar-refractivity contribution >= 4 is 12.2 Å². The average molecular weight is 199 g/mol. The molecule has 0 aromatic carbocycles. The van der Waals surface area contributed by atoms with Gasteiger partial charge in [-0.15, -0.1) is 0 Å². The van der Waals surface area contributed by atoms with Gasteiger partial charge in [0.2, 0.25) is 0 Å². The highest BCUT2D eigenvalue weighted by Gasteiger charge is 2.06. The summed E-state index contributed by atoms with van der Waals surface area (Å²) in [6.45, 7) is 0.942. The van der Waals surface area contributed by atoms with Gasteiger partial charge < -0.3 is 8.98 Å². The molecule has 0 atom stereocenters. The van der Waals surface area contributed by atoms with Crippen molar-refractivity contribution in [3.05, 3.63) is 47.7 Å². The molecule has 0 saturated heterocycles. The lowest BCUT2D eigenvalue weighted by atomic mass is 10.1. The maximum Gasteiger partial charge on any atom is 0.114 e. The van der Waals surface area contributed by atoms with Gasteiger partial charge in [0.1, 0.15) is 12.0 Å². The first kappa shape index (κ1) is 8.60. The molecule has 1 aromatic heterocycles. The topological polar surface area (TPSA) is 18.1 Å². The fraction of sp³-hybridized carbons (Fsp3) is 0.231. The van der Waals surface area contributed by atoms with E-state index in [2.05, 4.69) is 41.1 Å². The van der Waals surface area contributed by atoms with E-state index in [4.69, 9.17) is 4.42 Å². The molecule has 1 aliphatic heterocycles. The Bertz CT molecular complexity index is 487. The van der Waals surface area contributed by atoms with E-state index in [1.54, 1.807) is 0 Å². The maximum absolute atomic E-state index is 5.72. The van der Waals surface area contributed by atoms with E-state index >= 15 is 0 Å². The molecule has 76 valence electrons. The number of allylic oxidation sites excluding steroid dienone is 2. The Morgan fingerprint density at radius 1 is 1.20 bits per heavy atom. The summed E-state index contributed by atoms with van der Waals surface area (Å²) in [6, 6.07) is 2.13. The summed E-state index contributed by atoms with van der Waals surface area (Å²) in [5.41, 5.74) is 2.33. The molecule has 2 heteroatoms. The molecule has 0 spiro atoms. The molecule has 0 bridgehead atoms. The van der Waals surface area contributed by atoms with Crippen LogP contribution >= 0.6 is 0 Å².